The highest BCUT2D eigenvalue weighted by molar-refractivity contribution is 7.07. The molecular weight excluding hydrogens is 364 g/mol. The van der Waals surface area contributed by atoms with E-state index >= 15 is 0 Å². The number of fused-ring (bicyclic) bond motifs is 4. The molecule has 3 aliphatic heterocycles. The van der Waals surface area contributed by atoms with Gasteiger partial charge in [-0.2, -0.15) is 0 Å². The molecule has 2 amide bonds. The molecule has 7 nitrogen and oxygen atoms in total. The third-order valence-electron chi connectivity index (χ3n) is 5.21. The molecule has 0 N–H and O–H groups in total. The van der Waals surface area contributed by atoms with Gasteiger partial charge in [0.2, 0.25) is 5.91 Å². The van der Waals surface area contributed by atoms with Crippen LogP contribution in [0.25, 0.3) is 0 Å². The summed E-state index contributed by atoms with van der Waals surface area (Å²) in [5, 5.41) is 1.97. The van der Waals surface area contributed by atoms with Crippen LogP contribution in [-0.4, -0.2) is 57.8 Å². The van der Waals surface area contributed by atoms with Crippen LogP contribution in [0.4, 0.5) is 0 Å². The minimum absolute atomic E-state index is 0.0315. The second-order valence-corrected chi connectivity index (χ2v) is 7.75. The lowest BCUT2D eigenvalue weighted by Gasteiger charge is -2.35. The van der Waals surface area contributed by atoms with Crippen molar-refractivity contribution in [1.29, 1.82) is 0 Å². The highest BCUT2D eigenvalue weighted by atomic mass is 32.1. The van der Waals surface area contributed by atoms with Crippen LogP contribution in [0.15, 0.2) is 29.1 Å². The summed E-state index contributed by atoms with van der Waals surface area (Å²) >= 11 is 1.53. The highest BCUT2D eigenvalue weighted by Crippen LogP contribution is 2.31. The second-order valence-electron chi connectivity index (χ2n) is 7.03. The predicted octanol–water partition coefficient (Wildman–Crippen LogP) is 1.95. The summed E-state index contributed by atoms with van der Waals surface area (Å²) in [6.07, 6.45) is 1.75. The van der Waals surface area contributed by atoms with Crippen molar-refractivity contribution in [2.45, 2.75) is 32.0 Å². The lowest BCUT2D eigenvalue weighted by molar-refractivity contribution is -0.140. The Morgan fingerprint density at radius 3 is 2.96 bits per heavy atom. The number of hydrogen-bond acceptors (Lipinski definition) is 6. The molecule has 2 aromatic heterocycles. The number of aromatic nitrogens is 2. The van der Waals surface area contributed by atoms with Crippen LogP contribution in [0, 0.1) is 5.92 Å². The number of methoxy groups -OCH3 is 1. The number of carbonyl (C=O) groups is 2. The first-order chi connectivity index (χ1) is 13.2. The van der Waals surface area contributed by atoms with Crippen LogP contribution in [0.2, 0.25) is 0 Å². The number of rotatable bonds is 5. The minimum Gasteiger partial charge on any atom is -0.378 e. The highest BCUT2D eigenvalue weighted by Gasteiger charge is 2.42. The van der Waals surface area contributed by atoms with Gasteiger partial charge < -0.3 is 14.5 Å². The molecule has 3 fully saturated rings. The van der Waals surface area contributed by atoms with Gasteiger partial charge in [-0.25, -0.2) is 9.97 Å². The molecule has 0 spiro atoms. The standard InChI is InChI=1S/C19H22N4O3S/c1-26-10-14-3-2-4-17(21-14)19(25)22-7-13-5-6-16(9-22)23(18(13)24)8-15-11-27-12-20-15/h2-4,11-13,16H,5-10H2,1H3/t13-,16+/m1/s1. The van der Waals surface area contributed by atoms with E-state index in [9.17, 15) is 9.59 Å². The summed E-state index contributed by atoms with van der Waals surface area (Å²) in [4.78, 5) is 38.4. The molecule has 0 saturated carbocycles. The number of amides is 2. The van der Waals surface area contributed by atoms with Gasteiger partial charge in [0, 0.05) is 31.6 Å². The van der Waals surface area contributed by atoms with Gasteiger partial charge in [-0.1, -0.05) is 6.07 Å². The molecule has 0 unspecified atom stereocenters. The third kappa shape index (κ3) is 3.72. The van der Waals surface area contributed by atoms with Gasteiger partial charge in [-0.15, -0.1) is 11.3 Å². The molecule has 0 aromatic carbocycles. The van der Waals surface area contributed by atoms with Gasteiger partial charge >= 0.3 is 0 Å². The van der Waals surface area contributed by atoms with E-state index in [2.05, 4.69) is 9.97 Å². The summed E-state index contributed by atoms with van der Waals surface area (Å²) in [5.74, 6) is -0.128. The molecule has 5 heterocycles. The van der Waals surface area contributed by atoms with E-state index < -0.39 is 0 Å². The van der Waals surface area contributed by atoms with E-state index in [0.717, 1.165) is 24.2 Å². The van der Waals surface area contributed by atoms with Crippen molar-refractivity contribution < 1.29 is 14.3 Å². The SMILES string of the molecule is COCc1cccc(C(=O)N2C[C@H]3CC[C@@H](C2)N(Cc2cscn2)C3=O)n1. The maximum Gasteiger partial charge on any atom is 0.272 e. The number of ether oxygens (including phenoxy) is 1. The van der Waals surface area contributed by atoms with E-state index in [0.29, 0.717) is 31.9 Å². The van der Waals surface area contributed by atoms with E-state index in [4.69, 9.17) is 4.74 Å². The summed E-state index contributed by atoms with van der Waals surface area (Å²) in [5.41, 5.74) is 3.82. The van der Waals surface area contributed by atoms with Crippen molar-refractivity contribution in [3.8, 4) is 0 Å². The zero-order valence-electron chi connectivity index (χ0n) is 15.2. The minimum atomic E-state index is -0.145. The summed E-state index contributed by atoms with van der Waals surface area (Å²) < 4.78 is 5.11. The molecule has 5 rings (SSSR count). The summed E-state index contributed by atoms with van der Waals surface area (Å²) in [6.45, 7) is 1.89. The van der Waals surface area contributed by atoms with Crippen molar-refractivity contribution >= 4 is 23.2 Å². The van der Waals surface area contributed by atoms with E-state index in [1.54, 1.807) is 23.6 Å². The Labute approximate surface area is 162 Å². The van der Waals surface area contributed by atoms with Crippen LogP contribution < -0.4 is 0 Å². The second kappa shape index (κ2) is 7.74. The Hall–Kier alpha value is -2.32. The van der Waals surface area contributed by atoms with Gasteiger partial charge in [0.05, 0.1) is 36.0 Å². The summed E-state index contributed by atoms with van der Waals surface area (Å²) in [6, 6.07) is 5.42. The fourth-order valence-electron chi connectivity index (χ4n) is 3.89. The molecule has 2 aromatic rings. The zero-order chi connectivity index (χ0) is 18.8. The first-order valence-electron chi connectivity index (χ1n) is 9.07. The molecule has 0 radical (unpaired) electrons. The summed E-state index contributed by atoms with van der Waals surface area (Å²) in [7, 11) is 1.60. The normalized spacial score (nSPS) is 22.2. The number of carbonyl (C=O) groups excluding carboxylic acids is 2. The molecular formula is C19H22N4O3S. The van der Waals surface area contributed by atoms with Crippen molar-refractivity contribution in [3.63, 3.8) is 0 Å². The van der Waals surface area contributed by atoms with Crippen molar-refractivity contribution in [1.82, 2.24) is 19.8 Å². The molecule has 8 heteroatoms. The monoisotopic (exact) mass is 386 g/mol. The average molecular weight is 386 g/mol. The largest absolute Gasteiger partial charge is 0.378 e. The molecule has 3 saturated heterocycles. The molecule has 2 atom stereocenters. The maximum atomic E-state index is 13.0. The van der Waals surface area contributed by atoms with Crippen molar-refractivity contribution in [2.24, 2.45) is 5.92 Å². The fraction of sp³-hybridized carbons (Fsp3) is 0.474. The first kappa shape index (κ1) is 18.1. The van der Waals surface area contributed by atoms with Crippen molar-refractivity contribution in [2.75, 3.05) is 20.2 Å². The maximum absolute atomic E-state index is 13.0. The van der Waals surface area contributed by atoms with Crippen LogP contribution in [0.5, 0.6) is 0 Å². The van der Waals surface area contributed by atoms with Crippen LogP contribution in [-0.2, 0) is 22.7 Å². The third-order valence-corrected chi connectivity index (χ3v) is 5.85. The number of pyridine rings is 1. The van der Waals surface area contributed by atoms with Gasteiger partial charge in [0.1, 0.15) is 5.69 Å². The van der Waals surface area contributed by atoms with E-state index in [-0.39, 0.29) is 23.8 Å². The number of piperidine rings is 1. The number of thiazole rings is 1. The van der Waals surface area contributed by atoms with Gasteiger partial charge in [-0.05, 0) is 25.0 Å². The molecule has 3 aliphatic rings. The molecule has 142 valence electrons. The number of hydrogen-bond donors (Lipinski definition) is 0. The van der Waals surface area contributed by atoms with Crippen LogP contribution >= 0.6 is 11.3 Å². The van der Waals surface area contributed by atoms with Crippen LogP contribution in [0.3, 0.4) is 0 Å². The Kier molecular flexibility index (Phi) is 5.18. The zero-order valence-corrected chi connectivity index (χ0v) is 16.0. The van der Waals surface area contributed by atoms with Gasteiger partial charge in [0.25, 0.3) is 5.91 Å². The van der Waals surface area contributed by atoms with E-state index in [1.807, 2.05) is 22.4 Å². The Morgan fingerprint density at radius 1 is 1.30 bits per heavy atom. The average Bonchev–Trinajstić information content (AvgIpc) is 3.04. The van der Waals surface area contributed by atoms with Crippen molar-refractivity contribution in [3.05, 3.63) is 46.2 Å². The molecule has 27 heavy (non-hydrogen) atoms. The Balaban J connectivity index is 1.53. The predicted molar refractivity (Wildman–Crippen MR) is 100 cm³/mol. The number of nitrogens with zero attached hydrogens (tertiary/aromatic N) is 4. The van der Waals surface area contributed by atoms with Gasteiger partial charge in [-0.3, -0.25) is 9.59 Å². The van der Waals surface area contributed by atoms with E-state index in [1.165, 1.54) is 11.3 Å². The van der Waals surface area contributed by atoms with Gasteiger partial charge in [0.15, 0.2) is 0 Å². The quantitative estimate of drug-likeness (QED) is 0.785. The Bertz CT molecular complexity index is 826. The molecule has 0 aliphatic carbocycles. The first-order valence-corrected chi connectivity index (χ1v) is 10.0. The Morgan fingerprint density at radius 2 is 2.19 bits per heavy atom. The topological polar surface area (TPSA) is 75.6 Å². The fourth-order valence-corrected chi connectivity index (χ4v) is 4.44. The lowest BCUT2D eigenvalue weighted by Crippen LogP contribution is -2.47. The molecule has 2 bridgehead atoms. The smallest absolute Gasteiger partial charge is 0.272 e. The van der Waals surface area contributed by atoms with Crippen LogP contribution in [0.1, 0.15) is 34.7 Å². The lowest BCUT2D eigenvalue weighted by atomic mass is 9.94.